The van der Waals surface area contributed by atoms with Crippen molar-refractivity contribution in [2.45, 2.75) is 58.7 Å². The highest BCUT2D eigenvalue weighted by atomic mass is 35.5. The Hall–Kier alpha value is -2.79. The van der Waals surface area contributed by atoms with Gasteiger partial charge in [0.05, 0.1) is 6.57 Å². The van der Waals surface area contributed by atoms with E-state index in [1.54, 1.807) is 13.0 Å². The summed E-state index contributed by atoms with van der Waals surface area (Å²) in [5.74, 6) is 0.0231. The molecule has 0 spiro atoms. The lowest BCUT2D eigenvalue weighted by molar-refractivity contribution is -0.145. The third kappa shape index (κ3) is 5.72. The molecule has 0 N–H and O–H groups in total. The van der Waals surface area contributed by atoms with Crippen LogP contribution in [-0.2, 0) is 22.5 Å². The van der Waals surface area contributed by atoms with Crippen molar-refractivity contribution in [3.63, 3.8) is 0 Å². The molecular weight excluding hydrogens is 464 g/mol. The van der Waals surface area contributed by atoms with Crippen molar-refractivity contribution in [2.75, 3.05) is 26.2 Å². The first-order valence-electron chi connectivity index (χ1n) is 12.1. The number of carbonyl (C=O) groups excluding carboxylic acids is 2. The van der Waals surface area contributed by atoms with Crippen molar-refractivity contribution in [3.8, 4) is 0 Å². The second-order valence-corrected chi connectivity index (χ2v) is 9.94. The van der Waals surface area contributed by atoms with E-state index in [4.69, 9.17) is 22.9 Å². The first-order valence-corrected chi connectivity index (χ1v) is 12.4. The minimum atomic E-state index is -0.283. The molecule has 1 amide bonds. The SMILES string of the molecule is [C-]#[N+]c1cc(C(=O)Cc2cc(Cl)cc(CN3CCN(C(=O)[C@H]4CCCO4)[C@@H](C)C3)c2C)cnc1C. The molecule has 2 aliphatic heterocycles. The number of pyridine rings is 1. The fraction of sp³-hybridized carbons (Fsp3) is 0.481. The number of benzene rings is 1. The summed E-state index contributed by atoms with van der Waals surface area (Å²) in [6, 6.07) is 5.52. The molecule has 8 heteroatoms. The Balaban J connectivity index is 1.44. The lowest BCUT2D eigenvalue weighted by Crippen LogP contribution is -2.55. The maximum absolute atomic E-state index is 13.0. The second-order valence-electron chi connectivity index (χ2n) is 9.51. The normalized spacial score (nSPS) is 20.6. The Morgan fingerprint density at radius 3 is 2.69 bits per heavy atom. The molecule has 0 unspecified atom stereocenters. The van der Waals surface area contributed by atoms with Gasteiger partial charge in [-0.15, -0.1) is 0 Å². The van der Waals surface area contributed by atoms with Crippen LogP contribution in [0.15, 0.2) is 24.4 Å². The van der Waals surface area contributed by atoms with Gasteiger partial charge in [0.1, 0.15) is 6.10 Å². The van der Waals surface area contributed by atoms with Crippen LogP contribution in [-0.4, -0.2) is 64.9 Å². The minimum absolute atomic E-state index is 0.0893. The fourth-order valence-corrected chi connectivity index (χ4v) is 5.17. The number of piperazine rings is 1. The number of hydrogen-bond acceptors (Lipinski definition) is 5. The Kier molecular flexibility index (Phi) is 7.85. The molecule has 4 rings (SSSR count). The second kappa shape index (κ2) is 10.9. The standard InChI is InChI=1S/C27H31ClN4O3/c1-17-15-31(7-8-32(17)27(34)26-6-5-9-35-26)16-22-11-23(28)10-20(18(22)2)13-25(33)21-12-24(29-4)19(3)30-14-21/h10-12,14,17,26H,5-9,13,15-16H2,1-3H3/t17-,26+/m0/s1. The number of ketones is 1. The molecule has 3 heterocycles. The molecule has 2 aromatic rings. The lowest BCUT2D eigenvalue weighted by Gasteiger charge is -2.41. The molecule has 0 bridgehead atoms. The molecule has 2 saturated heterocycles. The lowest BCUT2D eigenvalue weighted by atomic mass is 9.95. The average molecular weight is 495 g/mol. The summed E-state index contributed by atoms with van der Waals surface area (Å²) in [7, 11) is 0. The van der Waals surface area contributed by atoms with E-state index in [-0.39, 0.29) is 30.3 Å². The van der Waals surface area contributed by atoms with Gasteiger partial charge in [0, 0.05) is 67.7 Å². The Morgan fingerprint density at radius 1 is 1.23 bits per heavy atom. The van der Waals surface area contributed by atoms with Gasteiger partial charge in [-0.2, -0.15) is 0 Å². The van der Waals surface area contributed by atoms with Crippen LogP contribution in [0.4, 0.5) is 5.69 Å². The van der Waals surface area contributed by atoms with Gasteiger partial charge in [0.25, 0.3) is 5.91 Å². The zero-order valence-electron chi connectivity index (χ0n) is 20.5. The molecule has 1 aromatic heterocycles. The Labute approximate surface area is 211 Å². The predicted octanol–water partition coefficient (Wildman–Crippen LogP) is 4.54. The molecule has 7 nitrogen and oxygen atoms in total. The molecule has 1 aromatic carbocycles. The van der Waals surface area contributed by atoms with E-state index in [9.17, 15) is 9.59 Å². The molecule has 184 valence electrons. The van der Waals surface area contributed by atoms with Gasteiger partial charge in [-0.1, -0.05) is 11.6 Å². The molecule has 35 heavy (non-hydrogen) atoms. The van der Waals surface area contributed by atoms with Crippen LogP contribution >= 0.6 is 11.6 Å². The molecule has 2 aliphatic rings. The summed E-state index contributed by atoms with van der Waals surface area (Å²) in [6.45, 7) is 16.7. The molecule has 0 aliphatic carbocycles. The van der Waals surface area contributed by atoms with Gasteiger partial charge in [-0.05, 0) is 68.5 Å². The van der Waals surface area contributed by atoms with E-state index in [1.807, 2.05) is 24.0 Å². The summed E-state index contributed by atoms with van der Waals surface area (Å²) in [4.78, 5) is 37.7. The van der Waals surface area contributed by atoms with Crippen molar-refractivity contribution in [1.82, 2.24) is 14.8 Å². The van der Waals surface area contributed by atoms with Crippen LogP contribution in [0.2, 0.25) is 5.02 Å². The van der Waals surface area contributed by atoms with Crippen molar-refractivity contribution in [2.24, 2.45) is 0 Å². The van der Waals surface area contributed by atoms with E-state index in [0.29, 0.717) is 41.7 Å². The van der Waals surface area contributed by atoms with E-state index in [2.05, 4.69) is 21.7 Å². The number of nitrogens with zero attached hydrogens (tertiary/aromatic N) is 4. The molecule has 0 saturated carbocycles. The molecule has 2 atom stereocenters. The first kappa shape index (κ1) is 25.3. The summed E-state index contributed by atoms with van der Waals surface area (Å²) >= 11 is 6.45. The minimum Gasteiger partial charge on any atom is -0.368 e. The third-order valence-corrected chi connectivity index (χ3v) is 7.25. The van der Waals surface area contributed by atoms with E-state index in [1.165, 1.54) is 6.20 Å². The van der Waals surface area contributed by atoms with Crippen LogP contribution < -0.4 is 0 Å². The van der Waals surface area contributed by atoms with Crippen LogP contribution in [0.1, 0.15) is 52.5 Å². The number of amides is 1. The first-order chi connectivity index (χ1) is 16.8. The fourth-order valence-electron chi connectivity index (χ4n) is 4.91. The van der Waals surface area contributed by atoms with Crippen molar-refractivity contribution >= 4 is 29.0 Å². The van der Waals surface area contributed by atoms with Crippen molar-refractivity contribution in [3.05, 3.63) is 68.8 Å². The smallest absolute Gasteiger partial charge is 0.252 e. The number of halogens is 1. The number of aryl methyl sites for hydroxylation is 1. The average Bonchev–Trinajstić information content (AvgIpc) is 3.37. The highest BCUT2D eigenvalue weighted by Crippen LogP contribution is 2.26. The topological polar surface area (TPSA) is 67.1 Å². The molecular formula is C27H31ClN4O3. The molecule has 0 radical (unpaired) electrons. The summed E-state index contributed by atoms with van der Waals surface area (Å²) in [5, 5.41) is 0.595. The number of rotatable bonds is 6. The number of aromatic nitrogens is 1. The highest BCUT2D eigenvalue weighted by Gasteiger charge is 2.34. The van der Waals surface area contributed by atoms with E-state index < -0.39 is 0 Å². The maximum Gasteiger partial charge on any atom is 0.252 e. The van der Waals surface area contributed by atoms with Gasteiger partial charge in [-0.25, -0.2) is 4.85 Å². The van der Waals surface area contributed by atoms with E-state index >= 15 is 0 Å². The van der Waals surface area contributed by atoms with Crippen LogP contribution in [0.5, 0.6) is 0 Å². The zero-order chi connectivity index (χ0) is 25.1. The van der Waals surface area contributed by atoms with Crippen LogP contribution in [0.3, 0.4) is 0 Å². The quantitative estimate of drug-likeness (QED) is 0.435. The van der Waals surface area contributed by atoms with Gasteiger partial charge in [-0.3, -0.25) is 19.5 Å². The predicted molar refractivity (Wildman–Crippen MR) is 135 cm³/mol. The number of Topliss-reactive ketones (excluding diaryl/α,β-unsaturated/α-hetero) is 1. The Morgan fingerprint density at radius 2 is 2.00 bits per heavy atom. The van der Waals surface area contributed by atoms with Gasteiger partial charge >= 0.3 is 0 Å². The monoisotopic (exact) mass is 494 g/mol. The van der Waals surface area contributed by atoms with Gasteiger partial charge < -0.3 is 9.64 Å². The summed E-state index contributed by atoms with van der Waals surface area (Å²) in [6.07, 6.45) is 3.21. The summed E-state index contributed by atoms with van der Waals surface area (Å²) < 4.78 is 5.60. The number of ether oxygens (including phenoxy) is 1. The van der Waals surface area contributed by atoms with Crippen LogP contribution in [0, 0.1) is 20.4 Å². The highest BCUT2D eigenvalue weighted by molar-refractivity contribution is 6.30. The van der Waals surface area contributed by atoms with Crippen molar-refractivity contribution in [1.29, 1.82) is 0 Å². The number of carbonyl (C=O) groups is 2. The van der Waals surface area contributed by atoms with Crippen molar-refractivity contribution < 1.29 is 14.3 Å². The zero-order valence-corrected chi connectivity index (χ0v) is 21.3. The molecule has 2 fully saturated rings. The number of hydrogen-bond donors (Lipinski definition) is 0. The third-order valence-electron chi connectivity index (χ3n) is 7.03. The Bertz CT molecular complexity index is 1170. The van der Waals surface area contributed by atoms with Gasteiger partial charge in [0.2, 0.25) is 5.69 Å². The summed E-state index contributed by atoms with van der Waals surface area (Å²) in [5.41, 5.74) is 4.44. The largest absolute Gasteiger partial charge is 0.368 e. The van der Waals surface area contributed by atoms with E-state index in [0.717, 1.165) is 42.6 Å². The maximum atomic E-state index is 13.0. The van der Waals surface area contributed by atoms with Crippen LogP contribution in [0.25, 0.3) is 4.85 Å². The van der Waals surface area contributed by atoms with Gasteiger partial charge in [0.15, 0.2) is 5.78 Å².